The van der Waals surface area contributed by atoms with Gasteiger partial charge in [0, 0.05) is 10.9 Å². The van der Waals surface area contributed by atoms with Crippen molar-refractivity contribution in [3.05, 3.63) is 34.1 Å². The molecule has 1 rings (SSSR count). The molecule has 0 saturated heterocycles. The minimum Gasteiger partial charge on any atom is -0.303 e. The molecule has 1 unspecified atom stereocenters. The number of carbonyl (C=O) groups is 1. The highest BCUT2D eigenvalue weighted by Gasteiger charge is 2.06. The van der Waals surface area contributed by atoms with Crippen LogP contribution in [0.5, 0.6) is 0 Å². The summed E-state index contributed by atoms with van der Waals surface area (Å²) in [4.78, 5) is 10.3. The maximum absolute atomic E-state index is 12.9. The summed E-state index contributed by atoms with van der Waals surface area (Å²) in [5.41, 5.74) is 0.846. The second-order valence-electron chi connectivity index (χ2n) is 3.01. The zero-order valence-electron chi connectivity index (χ0n) is 7.26. The third-order valence-corrected chi connectivity index (χ3v) is 2.36. The van der Waals surface area contributed by atoms with Crippen molar-refractivity contribution in [3.63, 3.8) is 0 Å². The number of hydrogen-bond donors (Lipinski definition) is 0. The Hall–Kier alpha value is -0.700. The standard InChI is InChI=1S/C10H10BrFO/c1-7(2-3-13)8-4-9(11)6-10(12)5-8/h3-7H,2H2,1H3. The van der Waals surface area contributed by atoms with Crippen LogP contribution in [0.2, 0.25) is 0 Å². The minimum absolute atomic E-state index is 0.0736. The molecule has 13 heavy (non-hydrogen) atoms. The van der Waals surface area contributed by atoms with Gasteiger partial charge in [-0.1, -0.05) is 22.9 Å². The predicted octanol–water partition coefficient (Wildman–Crippen LogP) is 3.28. The maximum atomic E-state index is 12.9. The Morgan fingerprint density at radius 3 is 2.77 bits per heavy atom. The Balaban J connectivity index is 2.93. The number of benzene rings is 1. The molecule has 0 saturated carbocycles. The molecule has 0 amide bonds. The summed E-state index contributed by atoms with van der Waals surface area (Å²) in [5.74, 6) is -0.202. The first kappa shape index (κ1) is 10.4. The Morgan fingerprint density at radius 2 is 2.23 bits per heavy atom. The van der Waals surface area contributed by atoms with Crippen molar-refractivity contribution >= 4 is 22.2 Å². The molecule has 1 nitrogen and oxygen atoms in total. The van der Waals surface area contributed by atoms with Gasteiger partial charge in [0.2, 0.25) is 0 Å². The zero-order chi connectivity index (χ0) is 9.84. The third kappa shape index (κ3) is 2.92. The van der Waals surface area contributed by atoms with Crippen molar-refractivity contribution in [2.75, 3.05) is 0 Å². The van der Waals surface area contributed by atoms with Crippen LogP contribution in [0.3, 0.4) is 0 Å². The van der Waals surface area contributed by atoms with E-state index < -0.39 is 0 Å². The fraction of sp³-hybridized carbons (Fsp3) is 0.300. The molecule has 0 bridgehead atoms. The molecular formula is C10H10BrFO. The van der Waals surface area contributed by atoms with Gasteiger partial charge in [-0.25, -0.2) is 4.39 Å². The Kier molecular flexibility index (Phi) is 3.60. The van der Waals surface area contributed by atoms with E-state index in [2.05, 4.69) is 15.9 Å². The van der Waals surface area contributed by atoms with Crippen LogP contribution in [-0.4, -0.2) is 6.29 Å². The molecule has 0 aliphatic heterocycles. The van der Waals surface area contributed by atoms with Gasteiger partial charge in [0.15, 0.2) is 0 Å². The summed E-state index contributed by atoms with van der Waals surface area (Å²) in [6.45, 7) is 1.90. The van der Waals surface area contributed by atoms with Gasteiger partial charge in [-0.3, -0.25) is 0 Å². The number of hydrogen-bond acceptors (Lipinski definition) is 1. The van der Waals surface area contributed by atoms with Crippen LogP contribution in [0.1, 0.15) is 24.8 Å². The molecule has 1 aromatic rings. The molecule has 1 aromatic carbocycles. The van der Waals surface area contributed by atoms with Crippen LogP contribution in [0.4, 0.5) is 4.39 Å². The van der Waals surface area contributed by atoms with Gasteiger partial charge < -0.3 is 4.79 Å². The monoisotopic (exact) mass is 244 g/mol. The summed E-state index contributed by atoms with van der Waals surface area (Å²) in [5, 5.41) is 0. The number of halogens is 2. The molecule has 0 aliphatic carbocycles. The van der Waals surface area contributed by atoms with Crippen LogP contribution in [0.15, 0.2) is 22.7 Å². The molecule has 0 spiro atoms. The van der Waals surface area contributed by atoms with E-state index in [-0.39, 0.29) is 11.7 Å². The van der Waals surface area contributed by atoms with Crippen LogP contribution in [-0.2, 0) is 4.79 Å². The maximum Gasteiger partial charge on any atom is 0.124 e. The molecule has 0 aliphatic rings. The molecule has 1 atom stereocenters. The van der Waals surface area contributed by atoms with Gasteiger partial charge in [-0.05, 0) is 29.7 Å². The van der Waals surface area contributed by atoms with E-state index in [4.69, 9.17) is 0 Å². The summed E-state index contributed by atoms with van der Waals surface area (Å²) in [6.07, 6.45) is 1.28. The Bertz CT molecular complexity index is 292. The normalized spacial score (nSPS) is 12.5. The average Bonchev–Trinajstić information content (AvgIpc) is 2.03. The van der Waals surface area contributed by atoms with Crippen LogP contribution < -0.4 is 0 Å². The molecule has 0 radical (unpaired) electrons. The largest absolute Gasteiger partial charge is 0.303 e. The Labute approximate surface area is 85.1 Å². The summed E-state index contributed by atoms with van der Waals surface area (Å²) < 4.78 is 13.6. The predicted molar refractivity (Wildman–Crippen MR) is 53.2 cm³/mol. The lowest BCUT2D eigenvalue weighted by Crippen LogP contribution is -1.95. The molecule has 70 valence electrons. The smallest absolute Gasteiger partial charge is 0.124 e. The van der Waals surface area contributed by atoms with Crippen molar-refractivity contribution in [1.82, 2.24) is 0 Å². The first-order chi connectivity index (χ1) is 6.13. The molecule has 0 fully saturated rings. The highest BCUT2D eigenvalue weighted by molar-refractivity contribution is 9.10. The zero-order valence-corrected chi connectivity index (χ0v) is 8.84. The third-order valence-electron chi connectivity index (χ3n) is 1.90. The number of aldehydes is 1. The number of carbonyl (C=O) groups excluding carboxylic acids is 1. The quantitative estimate of drug-likeness (QED) is 0.747. The van der Waals surface area contributed by atoms with E-state index in [0.29, 0.717) is 10.9 Å². The van der Waals surface area contributed by atoms with E-state index in [1.54, 1.807) is 0 Å². The topological polar surface area (TPSA) is 17.1 Å². The molecule has 3 heteroatoms. The van der Waals surface area contributed by atoms with Crippen LogP contribution in [0, 0.1) is 5.82 Å². The molecule has 0 aromatic heterocycles. The molecular weight excluding hydrogens is 235 g/mol. The van der Waals surface area contributed by atoms with E-state index >= 15 is 0 Å². The summed E-state index contributed by atoms with van der Waals surface area (Å²) in [7, 11) is 0. The van der Waals surface area contributed by atoms with Gasteiger partial charge in [0.05, 0.1) is 0 Å². The summed E-state index contributed by atoms with van der Waals surface area (Å²) >= 11 is 3.20. The molecule has 0 N–H and O–H groups in total. The van der Waals surface area contributed by atoms with E-state index in [1.165, 1.54) is 12.1 Å². The minimum atomic E-state index is -0.276. The lowest BCUT2D eigenvalue weighted by atomic mass is 9.99. The fourth-order valence-electron chi connectivity index (χ4n) is 1.14. The van der Waals surface area contributed by atoms with Crippen molar-refractivity contribution in [3.8, 4) is 0 Å². The lowest BCUT2D eigenvalue weighted by Gasteiger charge is -2.08. The van der Waals surface area contributed by atoms with Crippen LogP contribution in [0.25, 0.3) is 0 Å². The van der Waals surface area contributed by atoms with Gasteiger partial charge in [0.25, 0.3) is 0 Å². The highest BCUT2D eigenvalue weighted by Crippen LogP contribution is 2.23. The van der Waals surface area contributed by atoms with Gasteiger partial charge in [-0.2, -0.15) is 0 Å². The summed E-state index contributed by atoms with van der Waals surface area (Å²) in [6, 6.07) is 4.69. The SMILES string of the molecule is CC(CC=O)c1cc(F)cc(Br)c1. The van der Waals surface area contributed by atoms with Crippen molar-refractivity contribution in [2.24, 2.45) is 0 Å². The van der Waals surface area contributed by atoms with Gasteiger partial charge >= 0.3 is 0 Å². The van der Waals surface area contributed by atoms with Crippen molar-refractivity contribution < 1.29 is 9.18 Å². The van der Waals surface area contributed by atoms with Gasteiger partial charge in [0.1, 0.15) is 12.1 Å². The lowest BCUT2D eigenvalue weighted by molar-refractivity contribution is -0.108. The first-order valence-corrected chi connectivity index (χ1v) is 4.82. The van der Waals surface area contributed by atoms with Crippen molar-refractivity contribution in [1.29, 1.82) is 0 Å². The first-order valence-electron chi connectivity index (χ1n) is 4.03. The Morgan fingerprint density at radius 1 is 1.54 bits per heavy atom. The molecule has 0 heterocycles. The highest BCUT2D eigenvalue weighted by atomic mass is 79.9. The second kappa shape index (κ2) is 4.51. The fourth-order valence-corrected chi connectivity index (χ4v) is 1.62. The van der Waals surface area contributed by atoms with Crippen LogP contribution >= 0.6 is 15.9 Å². The number of rotatable bonds is 3. The van der Waals surface area contributed by atoms with Gasteiger partial charge in [-0.15, -0.1) is 0 Å². The van der Waals surface area contributed by atoms with Crippen molar-refractivity contribution in [2.45, 2.75) is 19.3 Å². The van der Waals surface area contributed by atoms with E-state index in [1.807, 2.05) is 13.0 Å². The second-order valence-corrected chi connectivity index (χ2v) is 3.92. The van der Waals surface area contributed by atoms with E-state index in [0.717, 1.165) is 11.8 Å². The van der Waals surface area contributed by atoms with E-state index in [9.17, 15) is 9.18 Å². The average molecular weight is 245 g/mol.